The molecule has 0 aliphatic heterocycles. The summed E-state index contributed by atoms with van der Waals surface area (Å²) in [5.74, 6) is 0.855. The van der Waals surface area contributed by atoms with E-state index in [0.717, 1.165) is 5.76 Å². The zero-order chi connectivity index (χ0) is 14.5. The van der Waals surface area contributed by atoms with Crippen molar-refractivity contribution in [1.29, 1.82) is 0 Å². The maximum atomic E-state index is 11.7. The molecule has 6 heteroatoms. The van der Waals surface area contributed by atoms with Crippen LogP contribution in [0.25, 0.3) is 0 Å². The molecule has 0 fully saturated rings. The molecule has 2 heterocycles. The summed E-state index contributed by atoms with van der Waals surface area (Å²) in [4.78, 5) is 25.5. The van der Waals surface area contributed by atoms with Gasteiger partial charge in [0.1, 0.15) is 5.76 Å². The Bertz CT molecular complexity index is 655. The Balaban J connectivity index is 1.98. The molecule has 2 aromatic rings. The molecule has 0 radical (unpaired) electrons. The lowest BCUT2D eigenvalue weighted by molar-refractivity contribution is 0.421. The van der Waals surface area contributed by atoms with Gasteiger partial charge in [-0.25, -0.2) is 4.79 Å². The van der Waals surface area contributed by atoms with Crippen molar-refractivity contribution in [2.45, 2.75) is 32.9 Å². The van der Waals surface area contributed by atoms with E-state index in [4.69, 9.17) is 4.42 Å². The van der Waals surface area contributed by atoms with Gasteiger partial charge in [-0.1, -0.05) is 6.92 Å². The average molecular weight is 277 g/mol. The highest BCUT2D eigenvalue weighted by atomic mass is 16.3. The lowest BCUT2D eigenvalue weighted by Gasteiger charge is -2.12. The fourth-order valence-electron chi connectivity index (χ4n) is 2.01. The lowest BCUT2D eigenvalue weighted by atomic mass is 10.2. The van der Waals surface area contributed by atoms with Gasteiger partial charge in [-0.15, -0.1) is 0 Å². The van der Waals surface area contributed by atoms with Gasteiger partial charge in [0.15, 0.2) is 0 Å². The van der Waals surface area contributed by atoms with E-state index in [1.54, 1.807) is 12.5 Å². The molecule has 0 saturated heterocycles. The number of H-pyrrole nitrogens is 1. The summed E-state index contributed by atoms with van der Waals surface area (Å²) in [6, 6.07) is 3.82. The summed E-state index contributed by atoms with van der Waals surface area (Å²) in [7, 11) is 0. The number of hydrogen-bond donors (Lipinski definition) is 2. The number of aromatic amines is 1. The minimum absolute atomic E-state index is 0.0779. The van der Waals surface area contributed by atoms with Crippen molar-refractivity contribution in [3.05, 3.63) is 56.8 Å². The van der Waals surface area contributed by atoms with Crippen molar-refractivity contribution in [3.63, 3.8) is 0 Å². The summed E-state index contributed by atoms with van der Waals surface area (Å²) in [6.07, 6.45) is 3.86. The largest absolute Gasteiger partial charge is 0.468 e. The number of nitrogens with zero attached hydrogens (tertiary/aromatic N) is 1. The van der Waals surface area contributed by atoms with Gasteiger partial charge >= 0.3 is 5.69 Å². The van der Waals surface area contributed by atoms with Crippen LogP contribution in [0.5, 0.6) is 0 Å². The Morgan fingerprint density at radius 2 is 2.25 bits per heavy atom. The number of hydrogen-bond acceptors (Lipinski definition) is 4. The maximum absolute atomic E-state index is 11.7. The van der Waals surface area contributed by atoms with Crippen LogP contribution in [0.3, 0.4) is 0 Å². The van der Waals surface area contributed by atoms with Crippen molar-refractivity contribution < 1.29 is 4.42 Å². The van der Waals surface area contributed by atoms with E-state index in [2.05, 4.69) is 10.3 Å². The number of rotatable bonds is 6. The molecule has 0 aliphatic carbocycles. The van der Waals surface area contributed by atoms with Crippen LogP contribution in [-0.4, -0.2) is 16.1 Å². The molecule has 1 unspecified atom stereocenters. The van der Waals surface area contributed by atoms with Gasteiger partial charge in [0, 0.05) is 24.8 Å². The van der Waals surface area contributed by atoms with Gasteiger partial charge in [-0.2, -0.15) is 0 Å². The molecular weight excluding hydrogens is 258 g/mol. The molecule has 108 valence electrons. The molecular formula is C14H19N3O3. The normalized spacial score (nSPS) is 12.5. The van der Waals surface area contributed by atoms with E-state index >= 15 is 0 Å². The molecule has 2 aromatic heterocycles. The number of nitrogens with one attached hydrogen (secondary N) is 2. The van der Waals surface area contributed by atoms with Crippen LogP contribution >= 0.6 is 0 Å². The molecule has 2 N–H and O–H groups in total. The van der Waals surface area contributed by atoms with E-state index in [9.17, 15) is 9.59 Å². The topological polar surface area (TPSA) is 80.0 Å². The second kappa shape index (κ2) is 6.38. The molecule has 2 rings (SSSR count). The lowest BCUT2D eigenvalue weighted by Crippen LogP contribution is -2.34. The van der Waals surface area contributed by atoms with Gasteiger partial charge in [0.2, 0.25) is 0 Å². The van der Waals surface area contributed by atoms with Crippen LogP contribution in [-0.2, 0) is 13.0 Å². The second-order valence-corrected chi connectivity index (χ2v) is 4.65. The fourth-order valence-corrected chi connectivity index (χ4v) is 2.01. The summed E-state index contributed by atoms with van der Waals surface area (Å²) < 4.78 is 6.81. The molecule has 20 heavy (non-hydrogen) atoms. The van der Waals surface area contributed by atoms with Crippen LogP contribution in [0, 0.1) is 0 Å². The molecule has 1 atom stereocenters. The molecule has 6 nitrogen and oxygen atoms in total. The van der Waals surface area contributed by atoms with Crippen molar-refractivity contribution in [2.75, 3.05) is 6.54 Å². The molecule has 0 aromatic carbocycles. The first-order valence-corrected chi connectivity index (χ1v) is 6.71. The van der Waals surface area contributed by atoms with Crippen molar-refractivity contribution in [3.8, 4) is 0 Å². The standard InChI is InChI=1S/C14H19N3O3/c1-3-11-9-17(14(19)16-13(11)18)7-6-15-10(2)12-5-4-8-20-12/h4-5,8-10,15H,3,6-7H2,1-2H3,(H,16,18,19). The smallest absolute Gasteiger partial charge is 0.328 e. The number of furan rings is 1. The van der Waals surface area contributed by atoms with E-state index in [-0.39, 0.29) is 17.3 Å². The van der Waals surface area contributed by atoms with Gasteiger partial charge in [0.25, 0.3) is 5.56 Å². The van der Waals surface area contributed by atoms with E-state index < -0.39 is 0 Å². The molecule has 0 spiro atoms. The van der Waals surface area contributed by atoms with Crippen LogP contribution in [0.2, 0.25) is 0 Å². The third-order valence-corrected chi connectivity index (χ3v) is 3.24. The molecule has 0 aliphatic rings. The highest BCUT2D eigenvalue weighted by molar-refractivity contribution is 5.04. The Morgan fingerprint density at radius 1 is 1.45 bits per heavy atom. The molecule has 0 amide bonds. The summed E-state index contributed by atoms with van der Waals surface area (Å²) >= 11 is 0. The van der Waals surface area contributed by atoms with Crippen LogP contribution in [0.15, 0.2) is 38.6 Å². The minimum atomic E-state index is -0.375. The SMILES string of the molecule is CCc1cn(CCNC(C)c2ccco2)c(=O)[nH]c1=O. The summed E-state index contributed by atoms with van der Waals surface area (Å²) in [5, 5.41) is 3.27. The fraction of sp³-hybridized carbons (Fsp3) is 0.429. The summed E-state index contributed by atoms with van der Waals surface area (Å²) in [6.45, 7) is 4.98. The summed E-state index contributed by atoms with van der Waals surface area (Å²) in [5.41, 5.74) is -0.0611. The van der Waals surface area contributed by atoms with Crippen molar-refractivity contribution in [2.24, 2.45) is 0 Å². The second-order valence-electron chi connectivity index (χ2n) is 4.65. The third-order valence-electron chi connectivity index (χ3n) is 3.24. The Morgan fingerprint density at radius 3 is 2.90 bits per heavy atom. The molecule has 0 saturated carbocycles. The number of aromatic nitrogens is 2. The maximum Gasteiger partial charge on any atom is 0.328 e. The van der Waals surface area contributed by atoms with Gasteiger partial charge in [-0.05, 0) is 25.5 Å². The predicted octanol–water partition coefficient (Wildman–Crippen LogP) is 1.04. The predicted molar refractivity (Wildman–Crippen MR) is 75.8 cm³/mol. The first-order chi connectivity index (χ1) is 9.61. The monoisotopic (exact) mass is 277 g/mol. The zero-order valence-electron chi connectivity index (χ0n) is 11.7. The van der Waals surface area contributed by atoms with Crippen LogP contribution < -0.4 is 16.6 Å². The van der Waals surface area contributed by atoms with Gasteiger partial charge in [0.05, 0.1) is 12.3 Å². The Kier molecular flexibility index (Phi) is 4.57. The highest BCUT2D eigenvalue weighted by Gasteiger charge is 2.07. The first-order valence-electron chi connectivity index (χ1n) is 6.71. The quantitative estimate of drug-likeness (QED) is 0.827. The Labute approximate surface area is 116 Å². The van der Waals surface area contributed by atoms with Crippen molar-refractivity contribution in [1.82, 2.24) is 14.9 Å². The molecule has 0 bridgehead atoms. The minimum Gasteiger partial charge on any atom is -0.468 e. The third kappa shape index (κ3) is 3.27. The Hall–Kier alpha value is -2.08. The number of aryl methyl sites for hydroxylation is 1. The van der Waals surface area contributed by atoms with Crippen LogP contribution in [0.1, 0.15) is 31.2 Å². The van der Waals surface area contributed by atoms with Gasteiger partial charge < -0.3 is 9.73 Å². The zero-order valence-corrected chi connectivity index (χ0v) is 11.7. The van der Waals surface area contributed by atoms with Crippen molar-refractivity contribution >= 4 is 0 Å². The van der Waals surface area contributed by atoms with E-state index in [0.29, 0.717) is 25.1 Å². The van der Waals surface area contributed by atoms with E-state index in [1.807, 2.05) is 26.0 Å². The van der Waals surface area contributed by atoms with Gasteiger partial charge in [-0.3, -0.25) is 14.3 Å². The highest BCUT2D eigenvalue weighted by Crippen LogP contribution is 2.11. The van der Waals surface area contributed by atoms with E-state index in [1.165, 1.54) is 4.57 Å². The first kappa shape index (κ1) is 14.3. The van der Waals surface area contributed by atoms with Crippen LogP contribution in [0.4, 0.5) is 0 Å². The average Bonchev–Trinajstić information content (AvgIpc) is 2.95.